The lowest BCUT2D eigenvalue weighted by Crippen LogP contribution is -2.32. The first-order valence-corrected chi connectivity index (χ1v) is 10.4. The van der Waals surface area contributed by atoms with Gasteiger partial charge in [0.25, 0.3) is 5.01 Å². The zero-order valence-corrected chi connectivity index (χ0v) is 16.3. The van der Waals surface area contributed by atoms with E-state index in [9.17, 15) is 0 Å². The monoisotopic (exact) mass is 380 g/mol. The number of nitrogens with zero attached hydrogens (tertiary/aromatic N) is 1. The van der Waals surface area contributed by atoms with E-state index < -0.39 is 0 Å². The predicted octanol–water partition coefficient (Wildman–Crippen LogP) is 6.88. The molecule has 0 bridgehead atoms. The smallest absolute Gasteiger partial charge is 0.274 e. The molecule has 134 valence electrons. The first kappa shape index (κ1) is 15.8. The van der Waals surface area contributed by atoms with E-state index in [1.807, 2.05) is 17.4 Å². The van der Waals surface area contributed by atoms with Gasteiger partial charge in [-0.15, -0.1) is 0 Å². The Morgan fingerprint density at radius 1 is 0.857 bits per heavy atom. The Bertz CT molecular complexity index is 1460. The van der Waals surface area contributed by atoms with Crippen LogP contribution in [0.25, 0.3) is 53.9 Å². The second-order valence-electron chi connectivity index (χ2n) is 7.07. The number of fused-ring (bicyclic) bond motifs is 5. The minimum atomic E-state index is 0.925. The van der Waals surface area contributed by atoms with Gasteiger partial charge in [0, 0.05) is 22.4 Å². The topological polar surface area (TPSA) is 17.0 Å². The number of hydrogen-bond acceptors (Lipinski definition) is 2. The Kier molecular flexibility index (Phi) is 3.35. The number of para-hydroxylation sites is 2. The molecule has 0 fully saturated rings. The Morgan fingerprint density at radius 2 is 1.61 bits per heavy atom. The van der Waals surface area contributed by atoms with E-state index >= 15 is 0 Å². The zero-order chi connectivity index (χ0) is 18.7. The number of thiazole rings is 1. The molecule has 2 heterocycles. The van der Waals surface area contributed by atoms with E-state index in [0.29, 0.717) is 0 Å². The van der Waals surface area contributed by atoms with Crippen LogP contribution in [-0.2, 0) is 6.54 Å². The summed E-state index contributed by atoms with van der Waals surface area (Å²) in [5.41, 5.74) is 4.60. The normalized spacial score (nSPS) is 11.9. The van der Waals surface area contributed by atoms with Crippen molar-refractivity contribution >= 4 is 43.3 Å². The average molecular weight is 380 g/mol. The molecule has 2 nitrogen and oxygen atoms in total. The van der Waals surface area contributed by atoms with Gasteiger partial charge in [0.2, 0.25) is 5.52 Å². The molecule has 3 aromatic carbocycles. The summed E-state index contributed by atoms with van der Waals surface area (Å²) < 4.78 is 10.2. The van der Waals surface area contributed by atoms with Crippen LogP contribution in [-0.4, -0.2) is 0 Å². The van der Waals surface area contributed by atoms with Crippen molar-refractivity contribution in [2.24, 2.45) is 0 Å². The quantitative estimate of drug-likeness (QED) is 0.299. The SMILES string of the molecule is CC[n+]1c(-c2c3oc4ccccc4cc-3c3ccccc23)sc2ccccc21. The second kappa shape index (κ2) is 5.91. The summed E-state index contributed by atoms with van der Waals surface area (Å²) >= 11 is 1.84. The van der Waals surface area contributed by atoms with Crippen LogP contribution in [0.1, 0.15) is 6.92 Å². The molecule has 1 aromatic heterocycles. The van der Waals surface area contributed by atoms with Crippen molar-refractivity contribution in [2.45, 2.75) is 13.5 Å². The Morgan fingerprint density at radius 3 is 2.50 bits per heavy atom. The zero-order valence-electron chi connectivity index (χ0n) is 15.5. The minimum Gasteiger partial charge on any atom is -0.455 e. The molecule has 0 atom stereocenters. The van der Waals surface area contributed by atoms with E-state index in [4.69, 9.17) is 4.42 Å². The van der Waals surface area contributed by atoms with Gasteiger partial charge in [0.15, 0.2) is 5.76 Å². The summed E-state index contributed by atoms with van der Waals surface area (Å²) in [6, 6.07) is 27.8. The molecule has 0 N–H and O–H groups in total. The summed E-state index contributed by atoms with van der Waals surface area (Å²) in [5.74, 6) is 0.980. The van der Waals surface area contributed by atoms with Crippen molar-refractivity contribution < 1.29 is 8.98 Å². The molecule has 2 aliphatic rings. The lowest BCUT2D eigenvalue weighted by molar-refractivity contribution is -0.653. The van der Waals surface area contributed by atoms with Gasteiger partial charge in [-0.2, -0.15) is 4.57 Å². The maximum Gasteiger partial charge on any atom is 0.274 e. The Balaban J connectivity index is 1.81. The molecule has 0 spiro atoms. The van der Waals surface area contributed by atoms with E-state index in [0.717, 1.165) is 23.3 Å². The number of benzene rings is 3. The first-order chi connectivity index (χ1) is 13.8. The molecule has 0 unspecified atom stereocenters. The van der Waals surface area contributed by atoms with Gasteiger partial charge >= 0.3 is 0 Å². The van der Waals surface area contributed by atoms with Crippen LogP contribution < -0.4 is 4.57 Å². The maximum atomic E-state index is 6.51. The highest BCUT2D eigenvalue weighted by molar-refractivity contribution is 7.21. The van der Waals surface area contributed by atoms with Crippen LogP contribution in [0.3, 0.4) is 0 Å². The van der Waals surface area contributed by atoms with E-state index in [2.05, 4.69) is 84.3 Å². The van der Waals surface area contributed by atoms with Crippen molar-refractivity contribution in [3.8, 4) is 21.9 Å². The Hall–Kier alpha value is -3.17. The largest absolute Gasteiger partial charge is 0.455 e. The van der Waals surface area contributed by atoms with Gasteiger partial charge < -0.3 is 4.42 Å². The third kappa shape index (κ3) is 2.11. The van der Waals surface area contributed by atoms with Crippen LogP contribution in [0.4, 0.5) is 0 Å². The third-order valence-electron chi connectivity index (χ3n) is 5.53. The fourth-order valence-electron chi connectivity index (χ4n) is 4.27. The van der Waals surface area contributed by atoms with Gasteiger partial charge in [0.05, 0.1) is 0 Å². The highest BCUT2D eigenvalue weighted by atomic mass is 32.1. The molecule has 0 saturated carbocycles. The molecule has 1 aliphatic carbocycles. The lowest BCUT2D eigenvalue weighted by atomic mass is 10.1. The summed E-state index contributed by atoms with van der Waals surface area (Å²) in [7, 11) is 0. The van der Waals surface area contributed by atoms with Crippen molar-refractivity contribution in [1.82, 2.24) is 0 Å². The van der Waals surface area contributed by atoms with Crippen molar-refractivity contribution in [1.29, 1.82) is 0 Å². The van der Waals surface area contributed by atoms with Gasteiger partial charge in [-0.25, -0.2) is 0 Å². The molecule has 0 saturated heterocycles. The minimum absolute atomic E-state index is 0.925. The second-order valence-corrected chi connectivity index (χ2v) is 8.10. The number of aryl methyl sites for hydroxylation is 1. The highest BCUT2D eigenvalue weighted by Gasteiger charge is 2.30. The third-order valence-corrected chi connectivity index (χ3v) is 6.71. The molecule has 6 rings (SSSR count). The molecule has 1 aliphatic heterocycles. The molecule has 0 amide bonds. The fraction of sp³-hybridized carbons (Fsp3) is 0.0800. The highest BCUT2D eigenvalue weighted by Crippen LogP contribution is 2.47. The van der Waals surface area contributed by atoms with Gasteiger partial charge in [0.1, 0.15) is 22.4 Å². The van der Waals surface area contributed by atoms with Crippen LogP contribution >= 0.6 is 11.3 Å². The molecule has 3 heteroatoms. The van der Waals surface area contributed by atoms with Gasteiger partial charge in [-0.05, 0) is 30.5 Å². The summed E-state index contributed by atoms with van der Waals surface area (Å²) in [6.07, 6.45) is 0. The molecule has 0 radical (unpaired) electrons. The number of aromatic nitrogens is 1. The average Bonchev–Trinajstić information content (AvgIpc) is 3.26. The Labute approximate surface area is 166 Å². The predicted molar refractivity (Wildman–Crippen MR) is 117 cm³/mol. The van der Waals surface area contributed by atoms with Crippen LogP contribution in [0.2, 0.25) is 0 Å². The maximum absolute atomic E-state index is 6.51. The summed E-state index contributed by atoms with van der Waals surface area (Å²) in [4.78, 5) is 0. The molecule has 28 heavy (non-hydrogen) atoms. The standard InChI is InChI=1S/C25H18NOS/c1-2-26-20-12-6-8-14-22(20)28-25(26)23-18-11-5-4-10-17(18)19-15-16-9-3-7-13-21(16)27-24(19)23/h3-15H,2H2,1H3/q+1. The molecular weight excluding hydrogens is 362 g/mol. The van der Waals surface area contributed by atoms with Crippen molar-refractivity contribution in [3.63, 3.8) is 0 Å². The van der Waals surface area contributed by atoms with E-state index in [1.165, 1.54) is 37.1 Å². The first-order valence-electron chi connectivity index (χ1n) is 9.60. The molecular formula is C25H18NOS+. The van der Waals surface area contributed by atoms with Crippen LogP contribution in [0.5, 0.6) is 0 Å². The van der Waals surface area contributed by atoms with Gasteiger partial charge in [-0.3, -0.25) is 0 Å². The van der Waals surface area contributed by atoms with E-state index in [-0.39, 0.29) is 0 Å². The fourth-order valence-corrected chi connectivity index (χ4v) is 5.55. The van der Waals surface area contributed by atoms with Crippen molar-refractivity contribution in [3.05, 3.63) is 78.9 Å². The molecule has 4 aromatic rings. The van der Waals surface area contributed by atoms with Crippen LogP contribution in [0, 0.1) is 0 Å². The number of rotatable bonds is 2. The van der Waals surface area contributed by atoms with E-state index in [1.54, 1.807) is 0 Å². The van der Waals surface area contributed by atoms with Crippen molar-refractivity contribution in [2.75, 3.05) is 0 Å². The van der Waals surface area contributed by atoms with Crippen LogP contribution in [0.15, 0.2) is 83.3 Å². The lowest BCUT2D eigenvalue weighted by Gasteiger charge is -2.05. The van der Waals surface area contributed by atoms with Gasteiger partial charge in [-0.1, -0.05) is 65.9 Å². The number of hydrogen-bond donors (Lipinski definition) is 0. The summed E-state index contributed by atoms with van der Waals surface area (Å²) in [5, 5.41) is 4.90. The summed E-state index contributed by atoms with van der Waals surface area (Å²) in [6.45, 7) is 3.14.